The Balaban J connectivity index is 2.29. The molecule has 1 heterocycles. The van der Waals surface area contributed by atoms with Crippen LogP contribution in [0.5, 0.6) is 0 Å². The Morgan fingerprint density at radius 1 is 0.486 bits per heavy atom. The van der Waals surface area contributed by atoms with Crippen molar-refractivity contribution in [2.75, 3.05) is 13.2 Å². The van der Waals surface area contributed by atoms with Gasteiger partial charge in [-0.3, -0.25) is 4.79 Å². The molecule has 0 saturated carbocycles. The van der Waals surface area contributed by atoms with E-state index in [9.17, 15) is 40.5 Å². The van der Waals surface area contributed by atoms with Gasteiger partial charge in [0.25, 0.3) is 0 Å². The highest BCUT2D eigenvalue weighted by molar-refractivity contribution is 5.80. The van der Waals surface area contributed by atoms with Gasteiger partial charge in [-0.1, -0.05) is 250 Å². The number of ether oxygens (including phenoxy) is 2. The van der Waals surface area contributed by atoms with E-state index >= 15 is 0 Å². The lowest BCUT2D eigenvalue weighted by molar-refractivity contribution is -0.303. The van der Waals surface area contributed by atoms with Crippen LogP contribution in [0.3, 0.4) is 0 Å². The molecule has 9 atom stereocenters. The Morgan fingerprint density at radius 2 is 0.857 bits per heavy atom. The number of carbonyl (C=O) groups is 1. The van der Waals surface area contributed by atoms with Crippen molar-refractivity contribution in [3.05, 3.63) is 24.3 Å². The molecule has 1 rings (SSSR count). The average molecular weight is 997 g/mol. The van der Waals surface area contributed by atoms with E-state index in [0.717, 1.165) is 38.5 Å². The van der Waals surface area contributed by atoms with Crippen molar-refractivity contribution in [3.63, 3.8) is 0 Å². The van der Waals surface area contributed by atoms with Crippen LogP contribution < -0.4 is 5.32 Å². The largest absolute Gasteiger partial charge is 0.394 e. The lowest BCUT2D eigenvalue weighted by Gasteiger charge is -2.40. The third-order valence-electron chi connectivity index (χ3n) is 14.5. The number of nitrogens with one attached hydrogen (secondary N) is 1. The number of aliphatic hydroxyl groups excluding tert-OH is 7. The summed E-state index contributed by atoms with van der Waals surface area (Å²) in [5.41, 5.74) is 0. The van der Waals surface area contributed by atoms with E-state index in [-0.39, 0.29) is 12.8 Å². The number of carbonyl (C=O) groups excluding carboxylic acids is 1. The third-order valence-corrected chi connectivity index (χ3v) is 14.5. The van der Waals surface area contributed by atoms with Crippen molar-refractivity contribution in [1.82, 2.24) is 5.32 Å². The van der Waals surface area contributed by atoms with E-state index in [0.29, 0.717) is 19.3 Å². The zero-order valence-electron chi connectivity index (χ0n) is 45.3. The van der Waals surface area contributed by atoms with Crippen LogP contribution in [-0.4, -0.2) is 110 Å². The van der Waals surface area contributed by atoms with Gasteiger partial charge in [0, 0.05) is 0 Å². The van der Waals surface area contributed by atoms with Gasteiger partial charge >= 0.3 is 0 Å². The zero-order valence-corrected chi connectivity index (χ0v) is 45.3. The standard InChI is InChI=1S/C59H113NO10/c1-3-5-7-9-11-13-15-17-19-21-22-23-24-25-26-27-28-29-31-33-35-37-39-41-43-45-47-52(63)58(68)60-50(49-69-59-57(67)56(66)55(65)53(48-61)70-59)54(64)51(62)46-44-42-40-38-36-34-32-30-20-18-16-14-12-10-8-6-4-2/h30,32,38,40,50-57,59,61-67H,3-29,31,33-37,39,41-49H2,1-2H3,(H,60,68)/b32-30+,40-38+. The van der Waals surface area contributed by atoms with Gasteiger partial charge in [0.15, 0.2) is 6.29 Å². The van der Waals surface area contributed by atoms with Crippen LogP contribution in [0.15, 0.2) is 24.3 Å². The SMILES string of the molecule is CCCCCCCCCC/C=C/CC/C=C/CCCC(O)C(O)C(COC1OC(CO)C(O)C(O)C1O)NC(=O)C(O)CCCCCCCCCCCCCCCCCCCCCCCCCCCC. The molecule has 8 N–H and O–H groups in total. The molecule has 0 bridgehead atoms. The number of amides is 1. The van der Waals surface area contributed by atoms with Gasteiger partial charge in [-0.05, 0) is 51.4 Å². The van der Waals surface area contributed by atoms with Gasteiger partial charge in [-0.2, -0.15) is 0 Å². The van der Waals surface area contributed by atoms with Gasteiger partial charge < -0.3 is 50.5 Å². The van der Waals surface area contributed by atoms with Crippen LogP contribution in [0.4, 0.5) is 0 Å². The summed E-state index contributed by atoms with van der Waals surface area (Å²) >= 11 is 0. The summed E-state index contributed by atoms with van der Waals surface area (Å²) < 4.78 is 11.1. The van der Waals surface area contributed by atoms with Gasteiger partial charge in [0.05, 0.1) is 25.4 Å². The third kappa shape index (κ3) is 36.5. The maximum Gasteiger partial charge on any atom is 0.249 e. The van der Waals surface area contributed by atoms with Gasteiger partial charge in [0.2, 0.25) is 5.91 Å². The Labute approximate surface area is 429 Å². The van der Waals surface area contributed by atoms with Crippen molar-refractivity contribution >= 4 is 5.91 Å². The van der Waals surface area contributed by atoms with Gasteiger partial charge in [-0.25, -0.2) is 0 Å². The van der Waals surface area contributed by atoms with Crippen LogP contribution in [0.2, 0.25) is 0 Å². The molecule has 1 saturated heterocycles. The van der Waals surface area contributed by atoms with E-state index in [1.54, 1.807) is 0 Å². The first-order chi connectivity index (χ1) is 34.2. The monoisotopic (exact) mass is 996 g/mol. The summed E-state index contributed by atoms with van der Waals surface area (Å²) in [4.78, 5) is 13.2. The molecule has 0 aromatic heterocycles. The number of hydrogen-bond donors (Lipinski definition) is 8. The Morgan fingerprint density at radius 3 is 1.27 bits per heavy atom. The highest BCUT2D eigenvalue weighted by Crippen LogP contribution is 2.23. The Hall–Kier alpha value is -1.41. The second-order valence-corrected chi connectivity index (χ2v) is 21.1. The molecule has 0 aliphatic carbocycles. The van der Waals surface area contributed by atoms with Crippen LogP contribution in [0.1, 0.15) is 277 Å². The molecule has 9 unspecified atom stereocenters. The summed E-state index contributed by atoms with van der Waals surface area (Å²) in [5.74, 6) is -0.706. The molecule has 0 aromatic rings. The van der Waals surface area contributed by atoms with E-state index in [4.69, 9.17) is 9.47 Å². The maximum atomic E-state index is 13.2. The maximum absolute atomic E-state index is 13.2. The quantitative estimate of drug-likeness (QED) is 0.0215. The Bertz CT molecular complexity index is 1190. The Kier molecular flexibility index (Phi) is 46.2. The smallest absolute Gasteiger partial charge is 0.249 e. The van der Waals surface area contributed by atoms with E-state index in [2.05, 4.69) is 43.5 Å². The summed E-state index contributed by atoms with van der Waals surface area (Å²) in [7, 11) is 0. The van der Waals surface area contributed by atoms with Crippen molar-refractivity contribution in [3.8, 4) is 0 Å². The van der Waals surface area contributed by atoms with Gasteiger partial charge in [-0.15, -0.1) is 0 Å². The fraction of sp³-hybridized carbons (Fsp3) is 0.915. The summed E-state index contributed by atoms with van der Waals surface area (Å²) in [6, 6.07) is -1.19. The molecule has 0 spiro atoms. The molecule has 70 heavy (non-hydrogen) atoms. The average Bonchev–Trinajstić information content (AvgIpc) is 3.36. The highest BCUT2D eigenvalue weighted by atomic mass is 16.7. The van der Waals surface area contributed by atoms with Crippen LogP contribution in [-0.2, 0) is 14.3 Å². The number of unbranched alkanes of at least 4 members (excludes halogenated alkanes) is 35. The van der Waals surface area contributed by atoms with Crippen molar-refractivity contribution in [1.29, 1.82) is 0 Å². The first-order valence-corrected chi connectivity index (χ1v) is 29.7. The minimum atomic E-state index is -1.67. The molecule has 11 heteroatoms. The number of rotatable bonds is 51. The summed E-state index contributed by atoms with van der Waals surface area (Å²) in [6.07, 6.45) is 46.7. The normalized spacial score (nSPS) is 20.4. The van der Waals surface area contributed by atoms with Crippen molar-refractivity contribution in [2.24, 2.45) is 0 Å². The van der Waals surface area contributed by atoms with Crippen LogP contribution in [0, 0.1) is 0 Å². The molecular weight excluding hydrogens is 883 g/mol. The molecule has 1 amide bonds. The minimum absolute atomic E-state index is 0.249. The van der Waals surface area contributed by atoms with Gasteiger partial charge in [0.1, 0.15) is 36.6 Å². The van der Waals surface area contributed by atoms with Crippen LogP contribution in [0.25, 0.3) is 0 Å². The van der Waals surface area contributed by atoms with Crippen molar-refractivity contribution < 1.29 is 50.0 Å². The molecule has 0 radical (unpaired) electrons. The lowest BCUT2D eigenvalue weighted by Crippen LogP contribution is -2.60. The topological polar surface area (TPSA) is 189 Å². The molecular formula is C59H113NO10. The first-order valence-electron chi connectivity index (χ1n) is 29.7. The molecule has 1 aliphatic heterocycles. The molecule has 11 nitrogen and oxygen atoms in total. The van der Waals surface area contributed by atoms with Crippen LogP contribution >= 0.6 is 0 Å². The number of aliphatic hydroxyl groups is 7. The molecule has 1 aliphatic rings. The predicted octanol–water partition coefficient (Wildman–Crippen LogP) is 12.5. The number of allylic oxidation sites excluding steroid dienone is 4. The molecule has 0 aromatic carbocycles. The van der Waals surface area contributed by atoms with E-state index in [1.807, 2.05) is 0 Å². The molecule has 414 valence electrons. The second-order valence-electron chi connectivity index (χ2n) is 21.1. The highest BCUT2D eigenvalue weighted by Gasteiger charge is 2.44. The fourth-order valence-electron chi connectivity index (χ4n) is 9.64. The lowest BCUT2D eigenvalue weighted by atomic mass is 9.98. The van der Waals surface area contributed by atoms with Crippen molar-refractivity contribution in [2.45, 2.75) is 332 Å². The number of hydrogen-bond acceptors (Lipinski definition) is 10. The zero-order chi connectivity index (χ0) is 51.1. The second kappa shape index (κ2) is 48.5. The fourth-order valence-corrected chi connectivity index (χ4v) is 9.64. The minimum Gasteiger partial charge on any atom is -0.394 e. The van der Waals surface area contributed by atoms with E-state index < -0.39 is 74.2 Å². The predicted molar refractivity (Wildman–Crippen MR) is 289 cm³/mol. The van der Waals surface area contributed by atoms with E-state index in [1.165, 1.54) is 193 Å². The summed E-state index contributed by atoms with van der Waals surface area (Å²) in [6.45, 7) is 3.46. The first kappa shape index (κ1) is 66.6. The summed E-state index contributed by atoms with van der Waals surface area (Å²) in [5, 5.41) is 76.1. The molecule has 1 fully saturated rings.